The van der Waals surface area contributed by atoms with Crippen LogP contribution in [0.1, 0.15) is 17.0 Å². The number of aryl methyl sites for hydroxylation is 3. The van der Waals surface area contributed by atoms with E-state index in [1.165, 1.54) is 0 Å². The van der Waals surface area contributed by atoms with E-state index in [0.717, 1.165) is 5.56 Å². The minimum atomic E-state index is -3.76. The first-order valence-corrected chi connectivity index (χ1v) is 7.11. The van der Waals surface area contributed by atoms with Gasteiger partial charge in [0.25, 0.3) is 10.0 Å². The summed E-state index contributed by atoms with van der Waals surface area (Å²) in [6.07, 6.45) is 0. The topological polar surface area (TPSA) is 98.2 Å². The largest absolute Gasteiger partial charge is 0.397 e. The molecule has 1 aromatic carbocycles. The van der Waals surface area contributed by atoms with Crippen LogP contribution in [0, 0.1) is 20.8 Å². The highest BCUT2D eigenvalue weighted by atomic mass is 32.2. The highest BCUT2D eigenvalue weighted by Gasteiger charge is 2.24. The summed E-state index contributed by atoms with van der Waals surface area (Å²) in [6.45, 7) is 4.98. The van der Waals surface area contributed by atoms with Crippen molar-refractivity contribution in [3.63, 3.8) is 0 Å². The minimum absolute atomic E-state index is 0.0495. The minimum Gasteiger partial charge on any atom is -0.397 e. The molecule has 2 rings (SSSR count). The lowest BCUT2D eigenvalue weighted by Crippen LogP contribution is -2.15. The molecule has 1 heterocycles. The SMILES string of the molecule is Cc1ccc(N)c(NS(=O)(=O)c2c(C)noc2C)c1. The van der Waals surface area contributed by atoms with Gasteiger partial charge in [-0.05, 0) is 38.5 Å². The molecule has 19 heavy (non-hydrogen) atoms. The fourth-order valence-electron chi connectivity index (χ4n) is 1.81. The molecule has 0 spiro atoms. The molecule has 3 N–H and O–H groups in total. The first-order valence-electron chi connectivity index (χ1n) is 5.63. The van der Waals surface area contributed by atoms with E-state index < -0.39 is 10.0 Å². The second-order valence-corrected chi connectivity index (χ2v) is 5.97. The van der Waals surface area contributed by atoms with Crippen LogP contribution in [-0.4, -0.2) is 13.6 Å². The van der Waals surface area contributed by atoms with Crippen molar-refractivity contribution in [2.24, 2.45) is 0 Å². The molecule has 0 unspecified atom stereocenters. The van der Waals surface area contributed by atoms with Gasteiger partial charge in [0.15, 0.2) is 10.7 Å². The molecule has 0 bridgehead atoms. The van der Waals surface area contributed by atoms with Gasteiger partial charge in [-0.3, -0.25) is 4.72 Å². The summed E-state index contributed by atoms with van der Waals surface area (Å²) in [5.41, 5.74) is 7.69. The van der Waals surface area contributed by atoms with Crippen LogP contribution < -0.4 is 10.5 Å². The highest BCUT2D eigenvalue weighted by Crippen LogP contribution is 2.26. The van der Waals surface area contributed by atoms with Crippen LogP contribution in [0.2, 0.25) is 0 Å². The van der Waals surface area contributed by atoms with Gasteiger partial charge in [0.2, 0.25) is 0 Å². The molecule has 0 aliphatic rings. The standard InChI is InChI=1S/C12H15N3O3S/c1-7-4-5-10(13)11(6-7)15-19(16,17)12-8(2)14-18-9(12)3/h4-6,15H,13H2,1-3H3. The Bertz CT molecular complexity index is 700. The Morgan fingerprint density at radius 3 is 2.53 bits per heavy atom. The molecule has 0 aliphatic heterocycles. The van der Waals surface area contributed by atoms with Gasteiger partial charge in [-0.15, -0.1) is 0 Å². The third-order valence-corrected chi connectivity index (χ3v) is 4.30. The zero-order valence-corrected chi connectivity index (χ0v) is 11.7. The zero-order valence-electron chi connectivity index (χ0n) is 10.9. The Balaban J connectivity index is 2.45. The Kier molecular flexibility index (Phi) is 3.23. The van der Waals surface area contributed by atoms with Crippen molar-refractivity contribution in [1.82, 2.24) is 5.16 Å². The van der Waals surface area contributed by atoms with Crippen LogP contribution in [0.25, 0.3) is 0 Å². The maximum absolute atomic E-state index is 12.3. The van der Waals surface area contributed by atoms with Crippen LogP contribution in [0.4, 0.5) is 11.4 Å². The fraction of sp³-hybridized carbons (Fsp3) is 0.250. The van der Waals surface area contributed by atoms with Gasteiger partial charge in [-0.1, -0.05) is 11.2 Å². The Morgan fingerprint density at radius 2 is 1.95 bits per heavy atom. The van der Waals surface area contributed by atoms with Crippen molar-refractivity contribution in [1.29, 1.82) is 0 Å². The molecular formula is C12H15N3O3S. The molecule has 0 amide bonds. The molecule has 1 aromatic heterocycles. The number of rotatable bonds is 3. The van der Waals surface area contributed by atoms with E-state index in [1.54, 1.807) is 26.0 Å². The van der Waals surface area contributed by atoms with Crippen molar-refractivity contribution in [2.75, 3.05) is 10.5 Å². The average Bonchev–Trinajstić information content (AvgIpc) is 2.64. The van der Waals surface area contributed by atoms with Crippen molar-refractivity contribution in [3.8, 4) is 0 Å². The maximum atomic E-state index is 12.3. The third-order valence-electron chi connectivity index (χ3n) is 2.69. The number of aromatic nitrogens is 1. The maximum Gasteiger partial charge on any atom is 0.267 e. The van der Waals surface area contributed by atoms with Gasteiger partial charge >= 0.3 is 0 Å². The molecule has 0 saturated heterocycles. The van der Waals surface area contributed by atoms with E-state index in [1.807, 2.05) is 13.0 Å². The molecule has 0 fully saturated rings. The average molecular weight is 281 g/mol. The van der Waals surface area contributed by atoms with Gasteiger partial charge in [0.05, 0.1) is 11.4 Å². The van der Waals surface area contributed by atoms with Crippen molar-refractivity contribution < 1.29 is 12.9 Å². The summed E-state index contributed by atoms with van der Waals surface area (Å²) in [4.78, 5) is 0.0495. The van der Waals surface area contributed by atoms with E-state index in [2.05, 4.69) is 9.88 Å². The molecule has 0 aliphatic carbocycles. The molecule has 0 atom stereocenters. The molecule has 2 aromatic rings. The van der Waals surface area contributed by atoms with Crippen molar-refractivity contribution in [3.05, 3.63) is 35.2 Å². The highest BCUT2D eigenvalue weighted by molar-refractivity contribution is 7.92. The number of nitrogens with two attached hydrogens (primary N) is 1. The van der Waals surface area contributed by atoms with Crippen LogP contribution in [-0.2, 0) is 10.0 Å². The normalized spacial score (nSPS) is 11.5. The molecule has 6 nitrogen and oxygen atoms in total. The first-order chi connectivity index (χ1) is 8.81. The number of anilines is 2. The third kappa shape index (κ3) is 2.55. The predicted molar refractivity (Wildman–Crippen MR) is 72.4 cm³/mol. The van der Waals surface area contributed by atoms with E-state index in [0.29, 0.717) is 17.1 Å². The van der Waals surface area contributed by atoms with Gasteiger partial charge < -0.3 is 10.3 Å². The smallest absolute Gasteiger partial charge is 0.267 e. The van der Waals surface area contributed by atoms with Crippen molar-refractivity contribution in [2.45, 2.75) is 25.7 Å². The summed E-state index contributed by atoms with van der Waals surface area (Å²) in [5, 5.41) is 3.64. The Morgan fingerprint density at radius 1 is 1.26 bits per heavy atom. The second-order valence-electron chi connectivity index (χ2n) is 4.35. The van der Waals surface area contributed by atoms with E-state index in [-0.39, 0.29) is 10.7 Å². The number of benzene rings is 1. The van der Waals surface area contributed by atoms with E-state index in [4.69, 9.17) is 10.3 Å². The number of sulfonamides is 1. The summed E-state index contributed by atoms with van der Waals surface area (Å²) >= 11 is 0. The fourth-order valence-corrected chi connectivity index (χ4v) is 3.22. The molecule has 0 radical (unpaired) electrons. The quantitative estimate of drug-likeness (QED) is 0.838. The van der Waals surface area contributed by atoms with Crippen LogP contribution in [0.15, 0.2) is 27.6 Å². The Hall–Kier alpha value is -2.02. The zero-order chi connectivity index (χ0) is 14.2. The van der Waals surface area contributed by atoms with Crippen LogP contribution >= 0.6 is 0 Å². The first kappa shape index (κ1) is 13.4. The van der Waals surface area contributed by atoms with Gasteiger partial charge in [-0.25, -0.2) is 8.42 Å². The summed E-state index contributed by atoms with van der Waals surface area (Å²) in [6, 6.07) is 5.13. The van der Waals surface area contributed by atoms with E-state index in [9.17, 15) is 8.42 Å². The molecule has 0 saturated carbocycles. The second kappa shape index (κ2) is 4.58. The molecule has 102 valence electrons. The van der Waals surface area contributed by atoms with Crippen LogP contribution in [0.3, 0.4) is 0 Å². The number of nitrogens with zero attached hydrogens (tertiary/aromatic N) is 1. The number of hydrogen-bond donors (Lipinski definition) is 2. The van der Waals surface area contributed by atoms with Crippen LogP contribution in [0.5, 0.6) is 0 Å². The summed E-state index contributed by atoms with van der Waals surface area (Å²) < 4.78 is 31.9. The lowest BCUT2D eigenvalue weighted by molar-refractivity contribution is 0.390. The Labute approximate surface area is 111 Å². The summed E-state index contributed by atoms with van der Waals surface area (Å²) in [7, 11) is -3.76. The summed E-state index contributed by atoms with van der Waals surface area (Å²) in [5.74, 6) is 0.247. The number of nitrogen functional groups attached to an aromatic ring is 1. The van der Waals surface area contributed by atoms with E-state index >= 15 is 0 Å². The van der Waals surface area contributed by atoms with Crippen molar-refractivity contribution >= 4 is 21.4 Å². The monoisotopic (exact) mass is 281 g/mol. The number of hydrogen-bond acceptors (Lipinski definition) is 5. The lowest BCUT2D eigenvalue weighted by atomic mass is 10.2. The van der Waals surface area contributed by atoms with Gasteiger partial charge in [0.1, 0.15) is 5.69 Å². The molecular weight excluding hydrogens is 266 g/mol. The molecule has 7 heteroatoms. The lowest BCUT2D eigenvalue weighted by Gasteiger charge is -2.10. The predicted octanol–water partition coefficient (Wildman–Crippen LogP) is 1.98. The van der Waals surface area contributed by atoms with Gasteiger partial charge in [-0.2, -0.15) is 0 Å². The van der Waals surface area contributed by atoms with Gasteiger partial charge in [0, 0.05) is 0 Å². The number of nitrogens with one attached hydrogen (secondary N) is 1.